The third kappa shape index (κ3) is 2.08. The van der Waals surface area contributed by atoms with Crippen LogP contribution in [0.3, 0.4) is 0 Å². The van der Waals surface area contributed by atoms with Crippen LogP contribution < -0.4 is 16.2 Å². The van der Waals surface area contributed by atoms with Gasteiger partial charge in [-0.2, -0.15) is 9.97 Å². The molecule has 1 aromatic heterocycles. The van der Waals surface area contributed by atoms with Crippen molar-refractivity contribution in [1.29, 1.82) is 0 Å². The number of esters is 1. The van der Waals surface area contributed by atoms with Gasteiger partial charge in [-0.15, -0.1) is 0 Å². The highest BCUT2D eigenvalue weighted by Crippen LogP contribution is 2.11. The number of hydrogen-bond acceptors (Lipinski definition) is 6. The van der Waals surface area contributed by atoms with Gasteiger partial charge in [-0.25, -0.2) is 0 Å². The van der Waals surface area contributed by atoms with Crippen LogP contribution in [0.5, 0.6) is 5.88 Å². The van der Waals surface area contributed by atoms with Crippen molar-refractivity contribution in [2.75, 3.05) is 11.5 Å². The minimum absolute atomic E-state index is 0.0220. The highest BCUT2D eigenvalue weighted by Gasteiger charge is 2.02. The molecular weight excluding hydrogens is 160 g/mol. The summed E-state index contributed by atoms with van der Waals surface area (Å²) in [5.74, 6) is -0.273. The van der Waals surface area contributed by atoms with E-state index in [9.17, 15) is 4.79 Å². The lowest BCUT2D eigenvalue weighted by Gasteiger charge is -2.00. The van der Waals surface area contributed by atoms with E-state index in [1.807, 2.05) is 0 Å². The molecule has 1 rings (SSSR count). The Hall–Kier alpha value is -1.85. The molecule has 0 radical (unpaired) electrons. The molecule has 0 unspecified atom stereocenters. The van der Waals surface area contributed by atoms with Gasteiger partial charge in [-0.1, -0.05) is 0 Å². The van der Waals surface area contributed by atoms with Crippen LogP contribution in [0.1, 0.15) is 6.92 Å². The Labute approximate surface area is 68.6 Å². The molecule has 4 N–H and O–H groups in total. The van der Waals surface area contributed by atoms with E-state index in [1.165, 1.54) is 13.0 Å². The molecule has 0 aromatic carbocycles. The number of aromatic nitrogens is 2. The summed E-state index contributed by atoms with van der Waals surface area (Å²) in [6, 6.07) is 1.32. The van der Waals surface area contributed by atoms with Gasteiger partial charge in [0.1, 0.15) is 5.82 Å². The molecular formula is C6H8N4O2. The highest BCUT2D eigenvalue weighted by atomic mass is 16.5. The van der Waals surface area contributed by atoms with Crippen LogP contribution in [0, 0.1) is 0 Å². The van der Waals surface area contributed by atoms with E-state index in [0.717, 1.165) is 0 Å². The molecule has 12 heavy (non-hydrogen) atoms. The number of nitrogens with two attached hydrogens (primary N) is 2. The predicted octanol–water partition coefficient (Wildman–Crippen LogP) is -0.434. The average molecular weight is 168 g/mol. The fraction of sp³-hybridized carbons (Fsp3) is 0.167. The van der Waals surface area contributed by atoms with Crippen molar-refractivity contribution in [3.05, 3.63) is 6.07 Å². The maximum Gasteiger partial charge on any atom is 0.309 e. The van der Waals surface area contributed by atoms with Crippen LogP contribution in [-0.4, -0.2) is 15.9 Å². The molecule has 0 atom stereocenters. The van der Waals surface area contributed by atoms with E-state index >= 15 is 0 Å². The maximum absolute atomic E-state index is 10.5. The monoisotopic (exact) mass is 168 g/mol. The molecule has 0 bridgehead atoms. The van der Waals surface area contributed by atoms with Crippen molar-refractivity contribution in [2.45, 2.75) is 6.92 Å². The summed E-state index contributed by atoms with van der Waals surface area (Å²) >= 11 is 0. The Morgan fingerprint density at radius 1 is 1.50 bits per heavy atom. The second-order valence-corrected chi connectivity index (χ2v) is 2.08. The second-order valence-electron chi connectivity index (χ2n) is 2.08. The summed E-state index contributed by atoms with van der Waals surface area (Å²) in [7, 11) is 0. The van der Waals surface area contributed by atoms with Crippen molar-refractivity contribution in [3.63, 3.8) is 0 Å². The summed E-state index contributed by atoms with van der Waals surface area (Å²) in [6.07, 6.45) is 0. The number of carbonyl (C=O) groups is 1. The van der Waals surface area contributed by atoms with E-state index in [4.69, 9.17) is 11.5 Å². The molecule has 0 aliphatic carbocycles. The zero-order valence-electron chi connectivity index (χ0n) is 6.44. The molecule has 1 aromatic rings. The molecule has 0 fully saturated rings. The van der Waals surface area contributed by atoms with E-state index in [2.05, 4.69) is 14.7 Å². The van der Waals surface area contributed by atoms with Crippen LogP contribution in [0.25, 0.3) is 0 Å². The number of anilines is 2. The van der Waals surface area contributed by atoms with Gasteiger partial charge in [0.2, 0.25) is 11.8 Å². The summed E-state index contributed by atoms with van der Waals surface area (Å²) in [5, 5.41) is 0. The van der Waals surface area contributed by atoms with Gasteiger partial charge in [0, 0.05) is 13.0 Å². The first-order chi connectivity index (χ1) is 5.58. The van der Waals surface area contributed by atoms with E-state index in [0.29, 0.717) is 0 Å². The van der Waals surface area contributed by atoms with E-state index < -0.39 is 5.97 Å². The minimum Gasteiger partial charge on any atom is -0.407 e. The van der Waals surface area contributed by atoms with Gasteiger partial charge in [-0.3, -0.25) is 4.79 Å². The van der Waals surface area contributed by atoms with Gasteiger partial charge in [0.15, 0.2) is 0 Å². The Bertz CT molecular complexity index is 292. The first-order valence-corrected chi connectivity index (χ1v) is 3.16. The number of nitrogens with zero attached hydrogens (tertiary/aromatic N) is 2. The second kappa shape index (κ2) is 3.04. The molecule has 6 heteroatoms. The highest BCUT2D eigenvalue weighted by molar-refractivity contribution is 5.69. The Kier molecular flexibility index (Phi) is 2.09. The smallest absolute Gasteiger partial charge is 0.309 e. The van der Waals surface area contributed by atoms with Crippen LogP contribution in [-0.2, 0) is 4.79 Å². The third-order valence-electron chi connectivity index (χ3n) is 0.988. The zero-order valence-corrected chi connectivity index (χ0v) is 6.44. The standard InChI is InChI=1S/C6H8N4O2/c1-3(11)12-5-2-4(7)9-6(8)10-5/h2H,1H3,(H4,7,8,9,10). The third-order valence-corrected chi connectivity index (χ3v) is 0.988. The molecule has 6 nitrogen and oxygen atoms in total. The number of rotatable bonds is 1. The lowest BCUT2D eigenvalue weighted by molar-refractivity contribution is -0.132. The molecule has 0 aliphatic rings. The van der Waals surface area contributed by atoms with Crippen LogP contribution in [0.2, 0.25) is 0 Å². The van der Waals surface area contributed by atoms with E-state index in [-0.39, 0.29) is 17.6 Å². The summed E-state index contributed by atoms with van der Waals surface area (Å²) in [4.78, 5) is 17.7. The Balaban J connectivity index is 2.93. The van der Waals surface area contributed by atoms with E-state index in [1.54, 1.807) is 0 Å². The van der Waals surface area contributed by atoms with Crippen LogP contribution >= 0.6 is 0 Å². The lowest BCUT2D eigenvalue weighted by Crippen LogP contribution is -2.06. The van der Waals surface area contributed by atoms with Gasteiger partial charge >= 0.3 is 5.97 Å². The van der Waals surface area contributed by atoms with Gasteiger partial charge in [0.25, 0.3) is 0 Å². The Morgan fingerprint density at radius 2 is 2.17 bits per heavy atom. The topological polar surface area (TPSA) is 104 Å². The maximum atomic E-state index is 10.5. The Morgan fingerprint density at radius 3 is 2.67 bits per heavy atom. The number of ether oxygens (including phenoxy) is 1. The fourth-order valence-electron chi connectivity index (χ4n) is 0.661. The summed E-state index contributed by atoms with van der Waals surface area (Å²) in [6.45, 7) is 1.26. The van der Waals surface area contributed by atoms with Crippen molar-refractivity contribution >= 4 is 17.7 Å². The van der Waals surface area contributed by atoms with Crippen molar-refractivity contribution in [2.24, 2.45) is 0 Å². The van der Waals surface area contributed by atoms with Gasteiger partial charge in [-0.05, 0) is 0 Å². The first kappa shape index (κ1) is 8.25. The van der Waals surface area contributed by atoms with Crippen LogP contribution in [0.15, 0.2) is 6.07 Å². The van der Waals surface area contributed by atoms with Gasteiger partial charge in [0.05, 0.1) is 0 Å². The molecule has 0 saturated heterocycles. The number of carbonyl (C=O) groups excluding carboxylic acids is 1. The van der Waals surface area contributed by atoms with Crippen molar-refractivity contribution < 1.29 is 9.53 Å². The summed E-state index contributed by atoms with van der Waals surface area (Å²) in [5.41, 5.74) is 10.6. The molecule has 0 saturated carbocycles. The minimum atomic E-state index is -0.479. The number of hydrogen-bond donors (Lipinski definition) is 2. The van der Waals surface area contributed by atoms with Gasteiger partial charge < -0.3 is 16.2 Å². The molecule has 64 valence electrons. The number of nitrogen functional groups attached to an aromatic ring is 2. The fourth-order valence-corrected chi connectivity index (χ4v) is 0.661. The van der Waals surface area contributed by atoms with Crippen molar-refractivity contribution in [1.82, 2.24) is 9.97 Å². The SMILES string of the molecule is CC(=O)Oc1cc(N)nc(N)n1. The molecule has 1 heterocycles. The van der Waals surface area contributed by atoms with Crippen molar-refractivity contribution in [3.8, 4) is 5.88 Å². The largest absolute Gasteiger partial charge is 0.407 e. The molecule has 0 spiro atoms. The summed E-state index contributed by atoms with van der Waals surface area (Å²) < 4.78 is 4.63. The quantitative estimate of drug-likeness (QED) is 0.551. The van der Waals surface area contributed by atoms with Crippen LogP contribution in [0.4, 0.5) is 11.8 Å². The molecule has 0 amide bonds. The lowest BCUT2D eigenvalue weighted by atomic mass is 10.5. The molecule has 0 aliphatic heterocycles. The average Bonchev–Trinajstić information content (AvgIpc) is 1.81. The normalized spacial score (nSPS) is 9.42. The first-order valence-electron chi connectivity index (χ1n) is 3.16. The zero-order chi connectivity index (χ0) is 9.14. The predicted molar refractivity (Wildman–Crippen MR) is 42.2 cm³/mol.